The summed E-state index contributed by atoms with van der Waals surface area (Å²) in [5.41, 5.74) is 10.4. The van der Waals surface area contributed by atoms with Crippen LogP contribution in [0, 0.1) is 0 Å². The zero-order chi connectivity index (χ0) is 24.1. The molecule has 0 unspecified atom stereocenters. The maximum absolute atomic E-state index is 12.8. The van der Waals surface area contributed by atoms with E-state index >= 15 is 0 Å². The van der Waals surface area contributed by atoms with Crippen molar-refractivity contribution in [3.05, 3.63) is 82.5 Å². The average molecular weight is 488 g/mol. The number of aromatic nitrogens is 2. The molecule has 35 heavy (non-hydrogen) atoms. The number of carbonyl (C=O) groups excluding carboxylic acids is 2. The smallest absolute Gasteiger partial charge is 0.269 e. The SMILES string of the molecule is NC(=O)c1nn(-c2ccc3c(c2)OCO3)c2c1CNc1ccc(NC(=O)c3ccccc3Cl)cc1-2. The normalized spacial score (nSPS) is 12.9. The molecule has 0 fully saturated rings. The molecule has 10 heteroatoms. The number of amides is 2. The molecule has 4 aromatic rings. The topological polar surface area (TPSA) is 120 Å². The van der Waals surface area contributed by atoms with Crippen molar-refractivity contribution < 1.29 is 19.1 Å². The van der Waals surface area contributed by atoms with Crippen LogP contribution in [-0.2, 0) is 6.54 Å². The summed E-state index contributed by atoms with van der Waals surface area (Å²) in [6.45, 7) is 0.514. The number of hydrogen-bond donors (Lipinski definition) is 3. The van der Waals surface area contributed by atoms with Crippen molar-refractivity contribution in [1.82, 2.24) is 9.78 Å². The Morgan fingerprint density at radius 2 is 1.89 bits per heavy atom. The highest BCUT2D eigenvalue weighted by Gasteiger charge is 2.29. The summed E-state index contributed by atoms with van der Waals surface area (Å²) in [5, 5.41) is 11.1. The molecule has 0 saturated carbocycles. The second-order valence-corrected chi connectivity index (χ2v) is 8.44. The molecule has 2 aliphatic heterocycles. The Morgan fingerprint density at radius 3 is 2.71 bits per heavy atom. The summed E-state index contributed by atoms with van der Waals surface area (Å²) < 4.78 is 12.6. The monoisotopic (exact) mass is 487 g/mol. The van der Waals surface area contributed by atoms with Crippen LogP contribution in [-0.4, -0.2) is 28.4 Å². The summed E-state index contributed by atoms with van der Waals surface area (Å²) in [4.78, 5) is 25.0. The maximum atomic E-state index is 12.8. The molecule has 0 saturated heterocycles. The molecule has 0 radical (unpaired) electrons. The maximum Gasteiger partial charge on any atom is 0.269 e. The molecular formula is C25H18ClN5O4. The Bertz CT molecular complexity index is 1530. The number of nitrogens with two attached hydrogens (primary N) is 1. The molecule has 0 bridgehead atoms. The Labute approximate surface area is 204 Å². The predicted octanol–water partition coefficient (Wildman–Crippen LogP) is 4.20. The molecule has 0 spiro atoms. The van der Waals surface area contributed by atoms with Gasteiger partial charge in [0.2, 0.25) is 6.79 Å². The van der Waals surface area contributed by atoms with Crippen LogP contribution < -0.4 is 25.8 Å². The van der Waals surface area contributed by atoms with Gasteiger partial charge in [-0.1, -0.05) is 23.7 Å². The van der Waals surface area contributed by atoms with Crippen LogP contribution in [0.1, 0.15) is 26.4 Å². The van der Waals surface area contributed by atoms with Gasteiger partial charge >= 0.3 is 0 Å². The quantitative estimate of drug-likeness (QED) is 0.397. The number of anilines is 2. The minimum Gasteiger partial charge on any atom is -0.454 e. The lowest BCUT2D eigenvalue weighted by Gasteiger charge is -2.21. The molecule has 174 valence electrons. The van der Waals surface area contributed by atoms with Crippen molar-refractivity contribution in [1.29, 1.82) is 0 Å². The molecule has 1 aromatic heterocycles. The number of nitrogens with zero attached hydrogens (tertiary/aromatic N) is 2. The fourth-order valence-corrected chi connectivity index (χ4v) is 4.52. The first-order chi connectivity index (χ1) is 17.0. The number of benzene rings is 3. The van der Waals surface area contributed by atoms with Crippen molar-refractivity contribution in [2.75, 3.05) is 17.4 Å². The number of fused-ring (bicyclic) bond motifs is 4. The highest BCUT2D eigenvalue weighted by Crippen LogP contribution is 2.41. The van der Waals surface area contributed by atoms with Crippen LogP contribution in [0.4, 0.5) is 11.4 Å². The molecular weight excluding hydrogens is 470 g/mol. The summed E-state index contributed by atoms with van der Waals surface area (Å²) in [7, 11) is 0. The lowest BCUT2D eigenvalue weighted by Crippen LogP contribution is -2.17. The van der Waals surface area contributed by atoms with Crippen molar-refractivity contribution in [2.24, 2.45) is 5.73 Å². The van der Waals surface area contributed by atoms with Crippen LogP contribution in [0.2, 0.25) is 5.02 Å². The zero-order valence-electron chi connectivity index (χ0n) is 18.2. The van der Waals surface area contributed by atoms with Gasteiger partial charge in [-0.05, 0) is 42.5 Å². The van der Waals surface area contributed by atoms with E-state index in [1.54, 1.807) is 47.1 Å². The number of hydrogen-bond acceptors (Lipinski definition) is 6. The standard InChI is InChI=1S/C25H18ClN5O4/c26-18-4-2-1-3-15(18)25(33)29-13-5-7-19-16(9-13)23-17(11-28-19)22(24(27)32)30-31(23)14-6-8-20-21(10-14)35-12-34-20/h1-10,28H,11-12H2,(H2,27,32)(H,29,33). The van der Waals surface area contributed by atoms with Gasteiger partial charge in [-0.15, -0.1) is 0 Å². The summed E-state index contributed by atoms with van der Waals surface area (Å²) in [6, 6.07) is 17.7. The van der Waals surface area contributed by atoms with Gasteiger partial charge in [0.1, 0.15) is 0 Å². The Kier molecular flexibility index (Phi) is 4.85. The van der Waals surface area contributed by atoms with Crippen molar-refractivity contribution in [3.63, 3.8) is 0 Å². The minimum atomic E-state index is -0.630. The first-order valence-corrected chi connectivity index (χ1v) is 11.1. The number of rotatable bonds is 4. The van der Waals surface area contributed by atoms with Gasteiger partial charge in [0.15, 0.2) is 17.2 Å². The van der Waals surface area contributed by atoms with Gasteiger partial charge in [-0.2, -0.15) is 5.10 Å². The number of ether oxygens (including phenoxy) is 2. The van der Waals surface area contributed by atoms with Crippen LogP contribution in [0.3, 0.4) is 0 Å². The Balaban J connectivity index is 1.46. The van der Waals surface area contributed by atoms with E-state index in [9.17, 15) is 9.59 Å². The third-order valence-electron chi connectivity index (χ3n) is 5.92. The summed E-state index contributed by atoms with van der Waals surface area (Å²) in [5.74, 6) is 0.259. The van der Waals surface area contributed by atoms with Crippen molar-refractivity contribution in [2.45, 2.75) is 6.54 Å². The van der Waals surface area contributed by atoms with Gasteiger partial charge < -0.3 is 25.8 Å². The molecule has 9 nitrogen and oxygen atoms in total. The molecule has 3 heterocycles. The van der Waals surface area contributed by atoms with Crippen LogP contribution >= 0.6 is 11.6 Å². The summed E-state index contributed by atoms with van der Waals surface area (Å²) in [6.07, 6.45) is 0. The van der Waals surface area contributed by atoms with E-state index in [4.69, 9.17) is 26.8 Å². The Hall–Kier alpha value is -4.50. The lowest BCUT2D eigenvalue weighted by atomic mass is 9.98. The minimum absolute atomic E-state index is 0.143. The van der Waals surface area contributed by atoms with E-state index in [-0.39, 0.29) is 18.4 Å². The lowest BCUT2D eigenvalue weighted by molar-refractivity contribution is 0.0992. The molecule has 3 aromatic carbocycles. The molecule has 2 aliphatic rings. The zero-order valence-corrected chi connectivity index (χ0v) is 18.9. The number of halogens is 1. The van der Waals surface area contributed by atoms with Gasteiger partial charge in [0, 0.05) is 35.1 Å². The molecule has 4 N–H and O–H groups in total. The van der Waals surface area contributed by atoms with Gasteiger partial charge in [0.05, 0.1) is 22.0 Å². The average Bonchev–Trinajstić information content (AvgIpc) is 3.48. The highest BCUT2D eigenvalue weighted by molar-refractivity contribution is 6.34. The highest BCUT2D eigenvalue weighted by atomic mass is 35.5. The first-order valence-electron chi connectivity index (χ1n) is 10.8. The van der Waals surface area contributed by atoms with E-state index in [2.05, 4.69) is 15.7 Å². The van der Waals surface area contributed by atoms with E-state index in [1.165, 1.54) is 0 Å². The van der Waals surface area contributed by atoms with E-state index in [0.29, 0.717) is 51.3 Å². The number of carbonyl (C=O) groups is 2. The first kappa shape index (κ1) is 21.1. The van der Waals surface area contributed by atoms with Crippen molar-refractivity contribution in [3.8, 4) is 28.4 Å². The van der Waals surface area contributed by atoms with Crippen LogP contribution in [0.25, 0.3) is 16.9 Å². The second-order valence-electron chi connectivity index (χ2n) is 8.04. The fraction of sp³-hybridized carbons (Fsp3) is 0.0800. The predicted molar refractivity (Wildman–Crippen MR) is 130 cm³/mol. The van der Waals surface area contributed by atoms with E-state index in [1.807, 2.05) is 18.2 Å². The van der Waals surface area contributed by atoms with Crippen LogP contribution in [0.15, 0.2) is 60.7 Å². The largest absolute Gasteiger partial charge is 0.454 e. The molecule has 0 aliphatic carbocycles. The van der Waals surface area contributed by atoms with E-state index < -0.39 is 5.91 Å². The molecule has 0 atom stereocenters. The fourth-order valence-electron chi connectivity index (χ4n) is 4.30. The third-order valence-corrected chi connectivity index (χ3v) is 6.25. The van der Waals surface area contributed by atoms with Gasteiger partial charge in [-0.25, -0.2) is 4.68 Å². The van der Waals surface area contributed by atoms with Gasteiger partial charge in [0.25, 0.3) is 11.8 Å². The van der Waals surface area contributed by atoms with Crippen LogP contribution in [0.5, 0.6) is 11.5 Å². The summed E-state index contributed by atoms with van der Waals surface area (Å²) >= 11 is 6.18. The number of nitrogens with one attached hydrogen (secondary N) is 2. The Morgan fingerprint density at radius 1 is 1.06 bits per heavy atom. The van der Waals surface area contributed by atoms with Crippen molar-refractivity contribution >= 4 is 34.8 Å². The van der Waals surface area contributed by atoms with E-state index in [0.717, 1.165) is 11.3 Å². The van der Waals surface area contributed by atoms with Gasteiger partial charge in [-0.3, -0.25) is 9.59 Å². The third kappa shape index (κ3) is 3.53. The second kappa shape index (κ2) is 8.07. The number of primary amides is 1. The molecule has 6 rings (SSSR count). The molecule has 2 amide bonds.